The van der Waals surface area contributed by atoms with Crippen LogP contribution in [0.1, 0.15) is 99.8 Å². The van der Waals surface area contributed by atoms with Gasteiger partial charge in [0.15, 0.2) is 31.1 Å². The second-order valence-corrected chi connectivity index (χ2v) is 28.1. The smallest absolute Gasteiger partial charge is 0.317 e. The number of carbonyl (C=O) groups excluding carboxylic acids is 1. The number of hydrogen-bond acceptors (Lipinski definition) is 28. The molecule has 0 amide bonds. The molecular formula is C57H92O28. The maximum Gasteiger partial charge on any atom is 0.317 e. The van der Waals surface area contributed by atoms with Gasteiger partial charge in [-0.2, -0.15) is 0 Å². The Kier molecular flexibility index (Phi) is 18.2. The molecule has 85 heavy (non-hydrogen) atoms. The summed E-state index contributed by atoms with van der Waals surface area (Å²) in [4.78, 5) is 15.4. The fourth-order valence-electron chi connectivity index (χ4n) is 17.4. The molecule has 32 unspecified atom stereocenters. The van der Waals surface area contributed by atoms with E-state index in [2.05, 4.69) is 40.7 Å². The number of rotatable bonds is 13. The molecule has 9 fully saturated rings. The number of hydrogen-bond donors (Lipinski definition) is 17. The van der Waals surface area contributed by atoms with Gasteiger partial charge in [-0.15, -0.1) is 0 Å². The van der Waals surface area contributed by atoms with Crippen molar-refractivity contribution >= 4 is 5.97 Å². The molecule has 0 aromatic heterocycles. The highest BCUT2D eigenvalue weighted by Gasteiger charge is 2.73. The Morgan fingerprint density at radius 1 is 0.635 bits per heavy atom. The quantitative estimate of drug-likeness (QED) is 0.0355. The Labute approximate surface area is 491 Å². The summed E-state index contributed by atoms with van der Waals surface area (Å²) in [5.41, 5.74) is -6.41. The third-order valence-electron chi connectivity index (χ3n) is 22.6. The van der Waals surface area contributed by atoms with E-state index < -0.39 is 225 Å². The van der Waals surface area contributed by atoms with Crippen molar-refractivity contribution in [3.8, 4) is 0 Å². The molecule has 0 bridgehead atoms. The van der Waals surface area contributed by atoms with E-state index in [4.69, 9.17) is 47.4 Å². The normalized spacial score (nSPS) is 56.0. The molecule has 28 nitrogen and oxygen atoms in total. The van der Waals surface area contributed by atoms with Crippen molar-refractivity contribution in [1.82, 2.24) is 0 Å². The molecule has 28 heteroatoms. The van der Waals surface area contributed by atoms with Gasteiger partial charge in [0.2, 0.25) is 6.29 Å². The van der Waals surface area contributed by atoms with Crippen molar-refractivity contribution in [2.75, 3.05) is 39.6 Å². The van der Waals surface area contributed by atoms with E-state index in [-0.39, 0.29) is 36.5 Å². The van der Waals surface area contributed by atoms with E-state index in [0.717, 1.165) is 5.57 Å². The lowest BCUT2D eigenvalue weighted by molar-refractivity contribution is -0.418. The molecule has 5 heterocycles. The summed E-state index contributed by atoms with van der Waals surface area (Å²) in [5, 5.41) is 187. The van der Waals surface area contributed by atoms with Crippen LogP contribution >= 0.6 is 0 Å². The van der Waals surface area contributed by atoms with Crippen LogP contribution in [0.15, 0.2) is 11.6 Å². The Morgan fingerprint density at radius 2 is 1.28 bits per heavy atom. The molecule has 0 spiro atoms. The van der Waals surface area contributed by atoms with Crippen LogP contribution < -0.4 is 0 Å². The molecule has 10 aliphatic rings. The number of fused-ring (bicyclic) bond motifs is 7. The number of carbonyl (C=O) groups is 1. The number of esters is 1. The fraction of sp³-hybridized carbons (Fsp3) is 0.947. The monoisotopic (exact) mass is 1220 g/mol. The number of aliphatic hydroxyl groups excluding tert-OH is 15. The summed E-state index contributed by atoms with van der Waals surface area (Å²) in [6.45, 7) is 9.75. The predicted octanol–water partition coefficient (Wildman–Crippen LogP) is -5.03. The lowest BCUT2D eigenvalue weighted by Crippen LogP contribution is -2.70. The molecule has 0 aromatic carbocycles. The minimum atomic E-state index is -3.02. The topological polar surface area (TPSA) is 453 Å². The Morgan fingerprint density at radius 3 is 1.94 bits per heavy atom. The Bertz CT molecular complexity index is 2420. The average molecular weight is 1230 g/mol. The summed E-state index contributed by atoms with van der Waals surface area (Å²) in [5.74, 6) is -4.91. The first-order chi connectivity index (χ1) is 39.7. The Balaban J connectivity index is 0.858. The van der Waals surface area contributed by atoms with E-state index in [0.29, 0.717) is 32.1 Å². The molecule has 488 valence electrons. The van der Waals surface area contributed by atoms with Crippen LogP contribution in [0.25, 0.3) is 0 Å². The number of aliphatic hydroxyl groups is 17. The SMILES string of the molecule is CC1OC(OC2C(OC(=O)C34CCC(C)(C)CC3C3=CCC5C6(C)CC(O)C(OC7OC(CO)C(O)C(O)C7O)C(C)(CO)C6CCC5(C)C3(C)CC4O)OCC(O)C2O)C(O)C(O)C1OC1OCC(O)C(OC2(O)OCC(O)(CO)C2O)C1O. The van der Waals surface area contributed by atoms with Crippen molar-refractivity contribution < 1.29 is 139 Å². The van der Waals surface area contributed by atoms with Crippen LogP contribution in [0.2, 0.25) is 0 Å². The van der Waals surface area contributed by atoms with E-state index in [9.17, 15) is 86.8 Å². The summed E-state index contributed by atoms with van der Waals surface area (Å²) in [7, 11) is 0. The molecule has 5 saturated heterocycles. The third kappa shape index (κ3) is 10.5. The molecule has 32 atom stereocenters. The van der Waals surface area contributed by atoms with E-state index in [1.54, 1.807) is 0 Å². The number of allylic oxidation sites excluding steroid dienone is 2. The summed E-state index contributed by atoms with van der Waals surface area (Å²) < 4.78 is 58.0. The zero-order chi connectivity index (χ0) is 62.3. The van der Waals surface area contributed by atoms with Crippen LogP contribution in [0.3, 0.4) is 0 Å². The molecule has 5 aliphatic heterocycles. The van der Waals surface area contributed by atoms with Gasteiger partial charge in [0.05, 0.1) is 64.1 Å². The zero-order valence-electron chi connectivity index (χ0n) is 49.0. The lowest BCUT2D eigenvalue weighted by atomic mass is 9.33. The van der Waals surface area contributed by atoms with Gasteiger partial charge in [0.25, 0.3) is 0 Å². The highest BCUT2D eigenvalue weighted by molar-refractivity contribution is 5.80. The molecular weight excluding hydrogens is 1130 g/mol. The van der Waals surface area contributed by atoms with E-state index in [1.807, 2.05) is 6.92 Å². The maximum atomic E-state index is 15.4. The molecule has 0 radical (unpaired) electrons. The molecule has 10 rings (SSSR count). The third-order valence-corrected chi connectivity index (χ3v) is 22.6. The zero-order valence-corrected chi connectivity index (χ0v) is 49.0. The highest BCUT2D eigenvalue weighted by Crippen LogP contribution is 2.76. The van der Waals surface area contributed by atoms with Crippen molar-refractivity contribution in [2.24, 2.45) is 50.2 Å². The lowest BCUT2D eigenvalue weighted by Gasteiger charge is -2.72. The van der Waals surface area contributed by atoms with E-state index >= 15 is 4.79 Å². The minimum Gasteiger partial charge on any atom is -0.432 e. The summed E-state index contributed by atoms with van der Waals surface area (Å²) in [6.07, 6.45) is -31.4. The van der Waals surface area contributed by atoms with Crippen molar-refractivity contribution in [1.29, 1.82) is 0 Å². The summed E-state index contributed by atoms with van der Waals surface area (Å²) in [6, 6.07) is 0. The maximum absolute atomic E-state index is 15.4. The standard InChI is InChI=1S/C57H92O28/c1-23-40(81-44-39(71)41(28(63)19-76-44)85-57(75)48(72)55(74,21-60)22-78-57)36(68)38(70)45(79-23)82-42-33(65)27(62)18-77-47(42)84-49(73)56-13-12-50(2,3)14-25(56)24-8-9-31-51(4)15-26(61)43(83-46-37(69)35(67)34(66)29(17-58)80-46)52(5,20-59)30(51)10-11-53(31,6)54(24,7)16-32(56)64/h8,23,25-48,58-72,74-75H,9-22H2,1-7H3. The van der Waals surface area contributed by atoms with Gasteiger partial charge in [0.1, 0.15) is 84.3 Å². The molecule has 4 saturated carbocycles. The number of ether oxygens (including phenoxy) is 10. The van der Waals surface area contributed by atoms with Gasteiger partial charge in [-0.05, 0) is 97.7 Å². The van der Waals surface area contributed by atoms with Crippen molar-refractivity contribution in [3.05, 3.63) is 11.6 Å². The van der Waals surface area contributed by atoms with E-state index in [1.165, 1.54) is 6.92 Å². The van der Waals surface area contributed by atoms with Gasteiger partial charge in [0, 0.05) is 5.41 Å². The van der Waals surface area contributed by atoms with Crippen LogP contribution in [0, 0.1) is 50.2 Å². The fourth-order valence-corrected chi connectivity index (χ4v) is 17.4. The highest BCUT2D eigenvalue weighted by atomic mass is 16.9. The van der Waals surface area contributed by atoms with Crippen LogP contribution in [0.5, 0.6) is 0 Å². The first-order valence-electron chi connectivity index (χ1n) is 29.8. The van der Waals surface area contributed by atoms with Gasteiger partial charge < -0.3 is 134 Å². The van der Waals surface area contributed by atoms with Crippen LogP contribution in [-0.2, 0) is 52.2 Å². The van der Waals surface area contributed by atoms with Crippen molar-refractivity contribution in [2.45, 2.75) is 246 Å². The summed E-state index contributed by atoms with van der Waals surface area (Å²) >= 11 is 0. The van der Waals surface area contributed by atoms with Gasteiger partial charge in [-0.3, -0.25) is 4.79 Å². The average Bonchev–Trinajstić information content (AvgIpc) is 1.07. The predicted molar refractivity (Wildman–Crippen MR) is 281 cm³/mol. The van der Waals surface area contributed by atoms with Gasteiger partial charge in [-0.25, -0.2) is 0 Å². The van der Waals surface area contributed by atoms with Crippen LogP contribution in [-0.4, -0.2) is 279 Å². The van der Waals surface area contributed by atoms with Gasteiger partial charge >= 0.3 is 11.9 Å². The second kappa shape index (κ2) is 23.4. The molecule has 17 N–H and O–H groups in total. The second-order valence-electron chi connectivity index (χ2n) is 28.1. The molecule has 0 aromatic rings. The van der Waals surface area contributed by atoms with Gasteiger partial charge in [-0.1, -0.05) is 53.2 Å². The largest absolute Gasteiger partial charge is 0.432 e. The first kappa shape index (κ1) is 66.1. The molecule has 5 aliphatic carbocycles. The first-order valence-corrected chi connectivity index (χ1v) is 29.8. The van der Waals surface area contributed by atoms with Crippen LogP contribution in [0.4, 0.5) is 0 Å². The minimum absolute atomic E-state index is 0.112. The Hall–Kier alpha value is -1.83. The van der Waals surface area contributed by atoms with Crippen molar-refractivity contribution in [3.63, 3.8) is 0 Å².